The molecule has 3 rings (SSSR count). The Hall–Kier alpha value is -3.23. The summed E-state index contributed by atoms with van der Waals surface area (Å²) in [6, 6.07) is 4.71. The number of halogens is 2. The number of alkyl halides is 2. The molecule has 0 N–H and O–H groups in total. The molecule has 3 aromatic heterocycles. The summed E-state index contributed by atoms with van der Waals surface area (Å²) < 4.78 is 31.8. The zero-order chi connectivity index (χ0) is 19.4. The summed E-state index contributed by atoms with van der Waals surface area (Å²) in [5.41, 5.74) is 2.58. The maximum absolute atomic E-state index is 12.8. The van der Waals surface area contributed by atoms with Crippen LogP contribution in [0.2, 0.25) is 0 Å². The third kappa shape index (κ3) is 5.13. The lowest BCUT2D eigenvalue weighted by Crippen LogP contribution is -2.23. The fraction of sp³-hybridized carbons (Fsp3) is 0.278. The first-order valence-corrected chi connectivity index (χ1v) is 8.12. The first-order chi connectivity index (χ1) is 12.8. The second-order valence-electron chi connectivity index (χ2n) is 6.20. The fourth-order valence-electron chi connectivity index (χ4n) is 2.31. The van der Waals surface area contributed by atoms with Crippen molar-refractivity contribution >= 4 is 0 Å². The van der Waals surface area contributed by atoms with Crippen LogP contribution in [0, 0.1) is 6.92 Å². The molecule has 0 radical (unpaired) electrons. The Morgan fingerprint density at radius 2 is 1.89 bits per heavy atom. The van der Waals surface area contributed by atoms with Crippen LogP contribution in [-0.4, -0.2) is 37.3 Å². The van der Waals surface area contributed by atoms with Gasteiger partial charge in [0.05, 0.1) is 12.2 Å². The first-order valence-electron chi connectivity index (χ1n) is 8.12. The van der Waals surface area contributed by atoms with E-state index in [1.165, 1.54) is 23.1 Å². The van der Waals surface area contributed by atoms with Gasteiger partial charge in [0.15, 0.2) is 6.61 Å². The molecule has 27 heavy (non-hydrogen) atoms. The smallest absolute Gasteiger partial charge is 0.316 e. The van der Waals surface area contributed by atoms with Crippen LogP contribution in [0.25, 0.3) is 11.3 Å². The highest BCUT2D eigenvalue weighted by Gasteiger charge is 2.22. The average Bonchev–Trinajstić information content (AvgIpc) is 2.62. The number of rotatable bonds is 6. The van der Waals surface area contributed by atoms with Crippen molar-refractivity contribution in [3.8, 4) is 17.3 Å². The monoisotopic (exact) mass is 373 g/mol. The molecule has 0 aromatic carbocycles. The lowest BCUT2D eigenvalue weighted by Gasteiger charge is -2.10. The Morgan fingerprint density at radius 3 is 2.56 bits per heavy atom. The van der Waals surface area contributed by atoms with Crippen molar-refractivity contribution in [3.63, 3.8) is 0 Å². The summed E-state index contributed by atoms with van der Waals surface area (Å²) in [6.45, 7) is 2.13. The number of hydrogen-bond acceptors (Lipinski definition) is 6. The van der Waals surface area contributed by atoms with Gasteiger partial charge in [-0.3, -0.25) is 9.78 Å². The lowest BCUT2D eigenvalue weighted by molar-refractivity contribution is -0.0256. The normalized spacial score (nSPS) is 11.4. The molecule has 0 amide bonds. The Bertz CT molecular complexity index is 984. The van der Waals surface area contributed by atoms with Gasteiger partial charge in [-0.25, -0.2) is 23.4 Å². The number of pyridine rings is 1. The average molecular weight is 373 g/mol. The highest BCUT2D eigenvalue weighted by atomic mass is 19.3. The number of nitrogens with zero attached hydrogens (tertiary/aromatic N) is 5. The van der Waals surface area contributed by atoms with Crippen molar-refractivity contribution < 1.29 is 13.5 Å². The van der Waals surface area contributed by atoms with Crippen LogP contribution < -0.4 is 10.3 Å². The molecule has 0 bridgehead atoms. The van der Waals surface area contributed by atoms with E-state index in [4.69, 9.17) is 4.74 Å². The zero-order valence-corrected chi connectivity index (χ0v) is 14.8. The van der Waals surface area contributed by atoms with Gasteiger partial charge in [-0.2, -0.15) is 5.10 Å². The van der Waals surface area contributed by atoms with Gasteiger partial charge in [0, 0.05) is 43.3 Å². The van der Waals surface area contributed by atoms with Gasteiger partial charge in [0.2, 0.25) is 0 Å². The maximum Gasteiger partial charge on any atom is 0.316 e. The quantitative estimate of drug-likeness (QED) is 0.660. The highest BCUT2D eigenvalue weighted by Crippen LogP contribution is 2.17. The minimum atomic E-state index is -2.97. The third-order valence-corrected chi connectivity index (χ3v) is 3.51. The second-order valence-corrected chi connectivity index (χ2v) is 6.20. The Balaban J connectivity index is 1.80. The molecular formula is C18H17F2N5O2. The van der Waals surface area contributed by atoms with E-state index in [0.717, 1.165) is 18.1 Å². The van der Waals surface area contributed by atoms with E-state index >= 15 is 0 Å². The molecule has 9 heteroatoms. The molecule has 7 nitrogen and oxygen atoms in total. The SMILES string of the molecule is Cc1cncc(Cn2nc(-c3cnc(OCC(C)(F)F)nc3)ccc2=O)c1. The van der Waals surface area contributed by atoms with Gasteiger partial charge in [-0.1, -0.05) is 6.07 Å². The zero-order valence-electron chi connectivity index (χ0n) is 14.8. The molecule has 0 fully saturated rings. The van der Waals surface area contributed by atoms with Crippen molar-refractivity contribution in [2.45, 2.75) is 26.3 Å². The van der Waals surface area contributed by atoms with Crippen LogP contribution in [0.1, 0.15) is 18.1 Å². The third-order valence-electron chi connectivity index (χ3n) is 3.51. The molecule has 0 saturated carbocycles. The van der Waals surface area contributed by atoms with Gasteiger partial charge < -0.3 is 4.74 Å². The molecule has 0 aliphatic carbocycles. The molecule has 3 aromatic rings. The van der Waals surface area contributed by atoms with Crippen LogP contribution in [0.3, 0.4) is 0 Å². The predicted octanol–water partition coefficient (Wildman–Crippen LogP) is 2.49. The molecule has 0 aliphatic heterocycles. The van der Waals surface area contributed by atoms with Crippen molar-refractivity contribution in [2.75, 3.05) is 6.61 Å². The van der Waals surface area contributed by atoms with E-state index in [2.05, 4.69) is 20.1 Å². The molecule has 3 heterocycles. The fourth-order valence-corrected chi connectivity index (χ4v) is 2.31. The van der Waals surface area contributed by atoms with E-state index in [0.29, 0.717) is 11.3 Å². The topological polar surface area (TPSA) is 82.8 Å². The number of ether oxygens (including phenoxy) is 1. The molecule has 0 aliphatic rings. The Kier molecular flexibility index (Phi) is 5.20. The van der Waals surface area contributed by atoms with E-state index in [9.17, 15) is 13.6 Å². The lowest BCUT2D eigenvalue weighted by atomic mass is 10.2. The van der Waals surface area contributed by atoms with Gasteiger partial charge >= 0.3 is 6.01 Å². The first kappa shape index (κ1) is 18.6. The molecule has 0 atom stereocenters. The van der Waals surface area contributed by atoms with Crippen molar-refractivity contribution in [1.29, 1.82) is 0 Å². The van der Waals surface area contributed by atoms with Crippen LogP contribution in [0.4, 0.5) is 8.78 Å². The predicted molar refractivity (Wildman–Crippen MR) is 93.7 cm³/mol. The Labute approximate surface area is 153 Å². The maximum atomic E-state index is 12.8. The van der Waals surface area contributed by atoms with E-state index < -0.39 is 12.5 Å². The number of aryl methyl sites for hydroxylation is 1. The highest BCUT2D eigenvalue weighted by molar-refractivity contribution is 5.55. The molecule has 0 spiro atoms. The number of hydrogen-bond donors (Lipinski definition) is 0. The molecule has 0 saturated heterocycles. The van der Waals surface area contributed by atoms with Crippen LogP contribution in [0.15, 0.2) is 47.8 Å². The van der Waals surface area contributed by atoms with Crippen molar-refractivity contribution in [3.05, 3.63) is 64.5 Å². The van der Waals surface area contributed by atoms with Gasteiger partial charge in [-0.15, -0.1) is 0 Å². The Morgan fingerprint density at radius 1 is 1.15 bits per heavy atom. The van der Waals surface area contributed by atoms with Gasteiger partial charge in [0.25, 0.3) is 11.5 Å². The second kappa shape index (κ2) is 7.56. The van der Waals surface area contributed by atoms with E-state index in [1.54, 1.807) is 18.5 Å². The summed E-state index contributed by atoms with van der Waals surface area (Å²) in [5, 5.41) is 4.32. The summed E-state index contributed by atoms with van der Waals surface area (Å²) in [5.74, 6) is -2.97. The van der Waals surface area contributed by atoms with Gasteiger partial charge in [0.1, 0.15) is 0 Å². The largest absolute Gasteiger partial charge is 0.457 e. The summed E-state index contributed by atoms with van der Waals surface area (Å²) in [4.78, 5) is 24.0. The van der Waals surface area contributed by atoms with Crippen LogP contribution in [0.5, 0.6) is 6.01 Å². The minimum absolute atomic E-state index is 0.153. The molecule has 0 unspecified atom stereocenters. The molecular weight excluding hydrogens is 356 g/mol. The van der Waals surface area contributed by atoms with Crippen LogP contribution in [-0.2, 0) is 6.54 Å². The van der Waals surface area contributed by atoms with E-state index in [-0.39, 0.29) is 18.1 Å². The van der Waals surface area contributed by atoms with E-state index in [1.807, 2.05) is 13.0 Å². The summed E-state index contributed by atoms with van der Waals surface area (Å²) >= 11 is 0. The van der Waals surface area contributed by atoms with Crippen molar-refractivity contribution in [2.24, 2.45) is 0 Å². The van der Waals surface area contributed by atoms with Crippen molar-refractivity contribution in [1.82, 2.24) is 24.7 Å². The summed E-state index contributed by atoms with van der Waals surface area (Å²) in [7, 11) is 0. The molecule has 140 valence electrons. The summed E-state index contributed by atoms with van der Waals surface area (Å²) in [6.07, 6.45) is 6.21. The number of aromatic nitrogens is 5. The van der Waals surface area contributed by atoms with Crippen LogP contribution >= 0.6 is 0 Å². The standard InChI is InChI=1S/C18H17F2N5O2/c1-12-5-13(7-21-6-12)10-25-16(26)4-3-15(24-25)14-8-22-17(23-9-14)27-11-18(2,19)20/h3-9H,10-11H2,1-2H3. The van der Waals surface area contributed by atoms with Gasteiger partial charge in [-0.05, 0) is 24.1 Å². The minimum Gasteiger partial charge on any atom is -0.457 e.